The van der Waals surface area contributed by atoms with Crippen LogP contribution >= 0.6 is 0 Å². The first kappa shape index (κ1) is 11.6. The summed E-state index contributed by atoms with van der Waals surface area (Å²) in [4.78, 5) is 13.5. The summed E-state index contributed by atoms with van der Waals surface area (Å²) in [5, 5.41) is 0. The van der Waals surface area contributed by atoms with Gasteiger partial charge in [-0.25, -0.2) is 4.39 Å². The fourth-order valence-electron chi connectivity index (χ4n) is 2.00. The summed E-state index contributed by atoms with van der Waals surface area (Å²) < 4.78 is 13.1. The molecule has 1 unspecified atom stereocenters. The minimum atomic E-state index is -0.714. The summed E-state index contributed by atoms with van der Waals surface area (Å²) in [7, 11) is 0. The lowest BCUT2D eigenvalue weighted by molar-refractivity contribution is -0.119. The number of amides is 1. The zero-order chi connectivity index (χ0) is 12.4. The first-order valence-corrected chi connectivity index (χ1v) is 5.42. The molecule has 1 atom stereocenters. The van der Waals surface area contributed by atoms with E-state index in [-0.39, 0.29) is 18.1 Å². The van der Waals surface area contributed by atoms with Crippen LogP contribution < -0.4 is 10.6 Å². The van der Waals surface area contributed by atoms with Crippen LogP contribution in [-0.4, -0.2) is 18.5 Å². The number of nitrogens with two attached hydrogens (primary N) is 1. The Morgan fingerprint density at radius 2 is 2.41 bits per heavy atom. The number of hydrogen-bond acceptors (Lipinski definition) is 2. The number of rotatable bonds is 2. The van der Waals surface area contributed by atoms with Crippen molar-refractivity contribution in [3.8, 4) is 12.3 Å². The van der Waals surface area contributed by atoms with Crippen LogP contribution in [0, 0.1) is 18.2 Å². The van der Waals surface area contributed by atoms with E-state index in [9.17, 15) is 9.18 Å². The van der Waals surface area contributed by atoms with Gasteiger partial charge in [0.25, 0.3) is 0 Å². The van der Waals surface area contributed by atoms with Crippen molar-refractivity contribution in [2.24, 2.45) is 5.73 Å². The Balaban J connectivity index is 2.25. The van der Waals surface area contributed by atoms with Crippen molar-refractivity contribution in [3.63, 3.8) is 0 Å². The Labute approximate surface area is 99.4 Å². The predicted molar refractivity (Wildman–Crippen MR) is 63.9 cm³/mol. The molecule has 0 aromatic heterocycles. The van der Waals surface area contributed by atoms with E-state index in [4.69, 9.17) is 12.2 Å². The molecule has 0 aliphatic carbocycles. The summed E-state index contributed by atoms with van der Waals surface area (Å²) in [5.74, 6) is 1.76. The second kappa shape index (κ2) is 4.56. The molecule has 0 spiro atoms. The van der Waals surface area contributed by atoms with Crippen LogP contribution in [0.2, 0.25) is 0 Å². The molecule has 0 fully saturated rings. The number of carbonyl (C=O) groups is 1. The topological polar surface area (TPSA) is 46.3 Å². The van der Waals surface area contributed by atoms with Gasteiger partial charge in [-0.15, -0.1) is 12.3 Å². The third kappa shape index (κ3) is 2.15. The number of terminal acetylenes is 1. The number of nitrogens with zero attached hydrogens (tertiary/aromatic N) is 1. The van der Waals surface area contributed by atoms with Gasteiger partial charge in [0, 0.05) is 18.7 Å². The maximum absolute atomic E-state index is 13.1. The lowest BCUT2D eigenvalue weighted by atomic mass is 10.1. The van der Waals surface area contributed by atoms with Crippen molar-refractivity contribution in [2.75, 3.05) is 11.4 Å². The fourth-order valence-corrected chi connectivity index (χ4v) is 2.00. The summed E-state index contributed by atoms with van der Waals surface area (Å²) >= 11 is 0. The molecular weight excluding hydrogens is 219 g/mol. The number of hydrogen-bond donors (Lipinski definition) is 1. The Bertz CT molecular complexity index is 493. The highest BCUT2D eigenvalue weighted by Gasteiger charge is 2.28. The Hall–Kier alpha value is -1.86. The molecule has 0 radical (unpaired) electrons. The van der Waals surface area contributed by atoms with Crippen LogP contribution in [0.15, 0.2) is 18.2 Å². The van der Waals surface area contributed by atoms with Crippen LogP contribution in [0.5, 0.6) is 0 Å². The Morgan fingerprint density at radius 1 is 1.65 bits per heavy atom. The van der Waals surface area contributed by atoms with Crippen LogP contribution in [0.4, 0.5) is 10.1 Å². The van der Waals surface area contributed by atoms with Gasteiger partial charge < -0.3 is 10.6 Å². The summed E-state index contributed by atoms with van der Waals surface area (Å²) in [5.41, 5.74) is 7.25. The zero-order valence-corrected chi connectivity index (χ0v) is 9.32. The van der Waals surface area contributed by atoms with Gasteiger partial charge in [0.15, 0.2) is 0 Å². The molecule has 88 valence electrons. The smallest absolute Gasteiger partial charge is 0.244 e. The number of halogens is 1. The van der Waals surface area contributed by atoms with Gasteiger partial charge in [-0.3, -0.25) is 4.79 Å². The molecule has 1 aromatic carbocycles. The second-order valence-electron chi connectivity index (χ2n) is 4.03. The van der Waals surface area contributed by atoms with E-state index < -0.39 is 6.04 Å². The Morgan fingerprint density at radius 3 is 3.12 bits per heavy atom. The fraction of sp³-hybridized carbons (Fsp3) is 0.308. The van der Waals surface area contributed by atoms with Gasteiger partial charge in [-0.05, 0) is 24.1 Å². The molecule has 1 aromatic rings. The molecule has 1 aliphatic heterocycles. The van der Waals surface area contributed by atoms with Gasteiger partial charge in [0.05, 0.1) is 6.04 Å². The molecule has 1 heterocycles. The summed E-state index contributed by atoms with van der Waals surface area (Å²) in [6, 6.07) is 3.75. The number of anilines is 1. The largest absolute Gasteiger partial charge is 0.319 e. The van der Waals surface area contributed by atoms with Gasteiger partial charge >= 0.3 is 0 Å². The average Bonchev–Trinajstić information content (AvgIpc) is 2.71. The van der Waals surface area contributed by atoms with Crippen LogP contribution in [0.25, 0.3) is 0 Å². The van der Waals surface area contributed by atoms with Crippen molar-refractivity contribution in [1.82, 2.24) is 0 Å². The minimum absolute atomic E-state index is 0.194. The van der Waals surface area contributed by atoms with Crippen molar-refractivity contribution in [1.29, 1.82) is 0 Å². The monoisotopic (exact) mass is 232 g/mol. The molecule has 2 N–H and O–H groups in total. The van der Waals surface area contributed by atoms with Gasteiger partial charge in [0.2, 0.25) is 5.91 Å². The van der Waals surface area contributed by atoms with Gasteiger partial charge in [-0.2, -0.15) is 0 Å². The van der Waals surface area contributed by atoms with E-state index in [1.54, 1.807) is 6.07 Å². The summed E-state index contributed by atoms with van der Waals surface area (Å²) in [6.45, 7) is 0.538. The average molecular weight is 232 g/mol. The van der Waals surface area contributed by atoms with E-state index in [0.717, 1.165) is 12.0 Å². The number of carbonyl (C=O) groups excluding carboxylic acids is 1. The van der Waals surface area contributed by atoms with E-state index in [1.165, 1.54) is 17.0 Å². The first-order valence-electron chi connectivity index (χ1n) is 5.42. The first-order chi connectivity index (χ1) is 8.13. The standard InChI is InChI=1S/C13H13FN2O/c1-2-3-11(15)13(17)16-7-6-9-4-5-10(14)8-12(9)16/h1,4-5,8,11H,3,6-7,15H2. The van der Waals surface area contributed by atoms with Crippen molar-refractivity contribution in [2.45, 2.75) is 18.9 Å². The molecule has 0 bridgehead atoms. The Kier molecular flexibility index (Phi) is 3.12. The highest BCUT2D eigenvalue weighted by molar-refractivity contribution is 5.99. The van der Waals surface area contributed by atoms with Crippen LogP contribution in [0.3, 0.4) is 0 Å². The second-order valence-corrected chi connectivity index (χ2v) is 4.03. The van der Waals surface area contributed by atoms with Gasteiger partial charge in [0.1, 0.15) is 5.82 Å². The van der Waals surface area contributed by atoms with E-state index in [2.05, 4.69) is 5.92 Å². The molecule has 1 aliphatic rings. The molecule has 3 nitrogen and oxygen atoms in total. The van der Waals surface area contributed by atoms with Crippen molar-refractivity contribution < 1.29 is 9.18 Å². The van der Waals surface area contributed by atoms with E-state index in [1.807, 2.05) is 0 Å². The quantitative estimate of drug-likeness (QED) is 0.775. The van der Waals surface area contributed by atoms with Gasteiger partial charge in [-0.1, -0.05) is 6.07 Å². The van der Waals surface area contributed by atoms with Crippen LogP contribution in [-0.2, 0) is 11.2 Å². The molecule has 0 saturated carbocycles. The lowest BCUT2D eigenvalue weighted by Crippen LogP contribution is -2.42. The predicted octanol–water partition coefficient (Wildman–Crippen LogP) is 1.07. The summed E-state index contributed by atoms with van der Waals surface area (Å²) in [6.07, 6.45) is 6.04. The third-order valence-electron chi connectivity index (χ3n) is 2.86. The minimum Gasteiger partial charge on any atom is -0.319 e. The highest BCUT2D eigenvalue weighted by Crippen LogP contribution is 2.29. The van der Waals surface area contributed by atoms with Crippen LogP contribution in [0.1, 0.15) is 12.0 Å². The van der Waals surface area contributed by atoms with Crippen molar-refractivity contribution in [3.05, 3.63) is 29.6 Å². The molecule has 17 heavy (non-hydrogen) atoms. The number of fused-ring (bicyclic) bond motifs is 1. The molecular formula is C13H13FN2O. The zero-order valence-electron chi connectivity index (χ0n) is 9.32. The lowest BCUT2D eigenvalue weighted by Gasteiger charge is -2.20. The maximum atomic E-state index is 13.1. The van der Waals surface area contributed by atoms with E-state index >= 15 is 0 Å². The van der Waals surface area contributed by atoms with E-state index in [0.29, 0.717) is 12.2 Å². The third-order valence-corrected chi connectivity index (χ3v) is 2.86. The molecule has 0 saturated heterocycles. The van der Waals surface area contributed by atoms with Crippen molar-refractivity contribution >= 4 is 11.6 Å². The highest BCUT2D eigenvalue weighted by atomic mass is 19.1. The molecule has 1 amide bonds. The normalized spacial score (nSPS) is 15.2. The molecule has 2 rings (SSSR count). The number of benzene rings is 1. The maximum Gasteiger partial charge on any atom is 0.244 e. The SMILES string of the molecule is C#CCC(N)C(=O)N1CCc2ccc(F)cc21. The molecule has 4 heteroatoms.